The van der Waals surface area contributed by atoms with Gasteiger partial charge in [0.15, 0.2) is 11.6 Å². The van der Waals surface area contributed by atoms with E-state index < -0.39 is 90.0 Å². The van der Waals surface area contributed by atoms with E-state index in [-0.39, 0.29) is 120 Å². The van der Waals surface area contributed by atoms with Crippen molar-refractivity contribution in [3.05, 3.63) is 163 Å². The van der Waals surface area contributed by atoms with Crippen LogP contribution >= 0.6 is 41.8 Å². The van der Waals surface area contributed by atoms with Crippen LogP contribution in [0.15, 0.2) is 159 Å². The van der Waals surface area contributed by atoms with Crippen molar-refractivity contribution in [3.8, 4) is 45.9 Å². The van der Waals surface area contributed by atoms with Crippen LogP contribution in [0.4, 0.5) is 44.6 Å². The number of anilines is 3. The molecule has 8 atom stereocenters. The molecule has 9 aromatic heterocycles. The predicted octanol–water partition coefficient (Wildman–Crippen LogP) is 11.9. The second kappa shape index (κ2) is 44.6. The molecule has 1 aromatic carbocycles. The third-order valence-electron chi connectivity index (χ3n) is 17.3. The number of alkyl halides is 4. The second-order valence-electron chi connectivity index (χ2n) is 28.3. The predicted molar refractivity (Wildman–Crippen MR) is 454 cm³/mol. The van der Waals surface area contributed by atoms with Gasteiger partial charge in [-0.2, -0.15) is 18.6 Å². The minimum absolute atomic E-state index is 0. The minimum Gasteiger partial charge on any atom is -0.444 e. The van der Waals surface area contributed by atoms with Crippen LogP contribution in [0.5, 0.6) is 0 Å². The average Bonchev–Trinajstić information content (AvgIpc) is 1.63. The third kappa shape index (κ3) is 27.6. The van der Waals surface area contributed by atoms with E-state index in [1.807, 2.05) is 12.1 Å². The molecule has 0 saturated carbocycles. The summed E-state index contributed by atoms with van der Waals surface area (Å²) in [5, 5.41) is 15.7. The zero-order chi connectivity index (χ0) is 84.8. The molecule has 0 bridgehead atoms. The maximum absolute atomic E-state index is 14.6. The van der Waals surface area contributed by atoms with Crippen LogP contribution < -0.4 is 21.3 Å². The number of amides is 6. The van der Waals surface area contributed by atoms with Gasteiger partial charge in [0.05, 0.1) is 62.2 Å². The summed E-state index contributed by atoms with van der Waals surface area (Å²) in [6.07, 6.45) is 5.78. The van der Waals surface area contributed by atoms with Crippen molar-refractivity contribution in [3.63, 3.8) is 0 Å². The molecule has 4 aliphatic heterocycles. The molecule has 43 heteroatoms. The summed E-state index contributed by atoms with van der Waals surface area (Å²) >= 11 is 18.8. The van der Waals surface area contributed by atoms with Crippen molar-refractivity contribution in [1.82, 2.24) is 74.7 Å². The number of halogens is 6. The molecule has 119 heavy (non-hydrogen) atoms. The van der Waals surface area contributed by atoms with Gasteiger partial charge in [-0.05, 0) is 131 Å². The maximum atomic E-state index is 14.6. The molecule has 0 unspecified atom stereocenters. The Morgan fingerprint density at radius 1 is 0.580 bits per heavy atom. The summed E-state index contributed by atoms with van der Waals surface area (Å²) in [5.74, 6) is 0.263. The van der Waals surface area contributed by atoms with Crippen molar-refractivity contribution in [2.75, 3.05) is 42.1 Å². The molecule has 632 valence electrons. The van der Waals surface area contributed by atoms with Crippen molar-refractivity contribution in [2.45, 2.75) is 154 Å². The minimum atomic E-state index is -1.34. The number of pyridine rings is 4. The highest BCUT2D eigenvalue weighted by Gasteiger charge is 2.44. The highest BCUT2D eigenvalue weighted by Crippen LogP contribution is 2.32. The first kappa shape index (κ1) is 95.8. The third-order valence-corrected chi connectivity index (χ3v) is 17.7. The van der Waals surface area contributed by atoms with Gasteiger partial charge in [0.2, 0.25) is 41.3 Å². The van der Waals surface area contributed by atoms with E-state index in [0.717, 1.165) is 29.8 Å². The summed E-state index contributed by atoms with van der Waals surface area (Å²) < 4.78 is 83.4. The number of likely N-dealkylation sites (tertiary alicyclic amines) is 3. The van der Waals surface area contributed by atoms with Gasteiger partial charge in [-0.1, -0.05) is 30.3 Å². The van der Waals surface area contributed by atoms with Crippen LogP contribution in [-0.4, -0.2) is 203 Å². The SMILES string of the molecule is CC(=O)c1nn(CC(=O)N2C[C@H](F)C[C@H]2C(=O)Cc2cccc(-c3ncco3)n2)c2ccc(-c3cnc(C)nc3)cc12.CC(C)(C)OC(=O)N1C[C@H](F)C[C@H]1C(=O)Nc1cccc(-c2ncco2)n1.CC(C)(C)OC(=O)N1C[C@H](F)C[C@H]1C(=O)Nc1cccc(Br)n1.Cl.O=C(Nc1cccc(-c2ncco2)n1)[C@@H]1C[C@@H](F)CN1.S.S=S.S=S=S. The highest BCUT2D eigenvalue weighted by atomic mass is 79.9. The molecular weight excluding hydrogens is 1760 g/mol. The quantitative estimate of drug-likeness (QED) is 0.0396. The summed E-state index contributed by atoms with van der Waals surface area (Å²) in [7, 11) is 0.917. The van der Waals surface area contributed by atoms with Gasteiger partial charge < -0.3 is 48.9 Å². The number of rotatable bonds is 16. The maximum Gasteiger partial charge on any atom is 0.411 e. The van der Waals surface area contributed by atoms with E-state index >= 15 is 0 Å². The van der Waals surface area contributed by atoms with Crippen LogP contribution in [0.2, 0.25) is 0 Å². The summed E-state index contributed by atoms with van der Waals surface area (Å²) in [6, 6.07) is 22.3. The first-order valence-electron chi connectivity index (χ1n) is 35.9. The van der Waals surface area contributed by atoms with Gasteiger partial charge in [0.1, 0.15) is 124 Å². The van der Waals surface area contributed by atoms with E-state index in [1.54, 1.807) is 140 Å². The molecule has 13 heterocycles. The number of Topliss-reactive ketones (excluding diaryl/α,β-unsaturated/α-hetero) is 2. The van der Waals surface area contributed by atoms with E-state index in [2.05, 4.69) is 132 Å². The van der Waals surface area contributed by atoms with Gasteiger partial charge in [0, 0.05) is 122 Å². The van der Waals surface area contributed by atoms with Crippen molar-refractivity contribution >= 4 is 171 Å². The van der Waals surface area contributed by atoms with E-state index in [0.29, 0.717) is 73.4 Å². The number of ketones is 2. The first-order valence-corrected chi connectivity index (χ1v) is 40.7. The van der Waals surface area contributed by atoms with Crippen LogP contribution in [0.1, 0.15) is 96.2 Å². The molecule has 4 fully saturated rings. The lowest BCUT2D eigenvalue weighted by Crippen LogP contribution is -2.45. The van der Waals surface area contributed by atoms with Gasteiger partial charge in [-0.3, -0.25) is 43.2 Å². The summed E-state index contributed by atoms with van der Waals surface area (Å²) in [6.45, 7) is 12.9. The second-order valence-corrected chi connectivity index (χ2v) is 30.9. The smallest absolute Gasteiger partial charge is 0.411 e. The molecule has 4 aliphatic rings. The molecule has 4 N–H and O–H groups in total. The fourth-order valence-corrected chi connectivity index (χ4v) is 12.6. The summed E-state index contributed by atoms with van der Waals surface area (Å²) in [5.41, 5.74) is 2.79. The zero-order valence-corrected chi connectivity index (χ0v) is 72.4. The molecule has 0 aliphatic carbocycles. The normalized spacial score (nSPS) is 18.3. The number of hydrogen-bond donors (Lipinski definition) is 4. The Bertz CT molecular complexity index is 5160. The number of aromatic nitrogens is 11. The number of benzene rings is 1. The van der Waals surface area contributed by atoms with Crippen LogP contribution in [0.25, 0.3) is 56.8 Å². The van der Waals surface area contributed by atoms with E-state index in [1.165, 1.54) is 53.9 Å². The Balaban J connectivity index is 0.000000222. The number of nitrogens with one attached hydrogen (secondary N) is 4. The van der Waals surface area contributed by atoms with Crippen LogP contribution in [0.3, 0.4) is 0 Å². The van der Waals surface area contributed by atoms with Gasteiger partial charge in [-0.15, -0.1) is 12.4 Å². The molecule has 6 amide bonds. The Labute approximate surface area is 724 Å². The number of carbonyl (C=O) groups excluding carboxylic acids is 8. The standard InChI is InChI=1S/C30H26FN7O4.C18H21FN4O4.C15H19BrFN3O3.C13H13FN4O2.ClH.S3.S2.H2S/c1-17(39)29-23-10-19(20-13-33-18(2)34-14-20)6-7-25(23)38(36-29)16-28(41)37-15-21(31)11-26(37)27(40)12-22-4-3-5-24(35-22)30-32-8-9-42-30;1-18(2,3)27-17(25)23-10-11(19)9-13(23)15(24)22-14-6-4-5-12(21-14)16-20-7-8-26-16;1-15(2,3)23-14(22)20-8-9(17)7-10(20)13(21)19-12-6-4-5-11(16)18-12;14-8-6-10(16-7-8)12(19)18-11-3-1-2-9(17-11)13-15-4-5-20-13;;1-3-2;1-2;/h3-10,13-14,21,26H,11-12,15-16H2,1-2H3;4-8,11,13H,9-10H2,1-3H3,(H,21,22,24);4-6,9-10H,7-8H2,1-3H3,(H,18,19,21);1-5,8,10,16H,6-7H2,(H,17,18,19);1H;;;1H2/t21-,26+;11-,13+;9-,10+;8-,10+;;;;/m1111..../s1. The Morgan fingerprint density at radius 3 is 1.47 bits per heavy atom. The number of ether oxygens (including phenoxy) is 2. The van der Waals surface area contributed by atoms with E-state index in [4.69, 9.17) is 22.7 Å². The first-order chi connectivity index (χ1) is 55.8. The molecule has 14 rings (SSSR count). The number of hydrogen-bond acceptors (Lipinski definition) is 28. The van der Waals surface area contributed by atoms with E-state index in [9.17, 15) is 55.9 Å². The lowest BCUT2D eigenvalue weighted by atomic mass is 10.0. The highest BCUT2D eigenvalue weighted by molar-refractivity contribution is 9.10. The Kier molecular flexibility index (Phi) is 35.9. The molecular formula is C76H82BrClF4N18O13S6. The lowest BCUT2D eigenvalue weighted by molar-refractivity contribution is -0.138. The van der Waals surface area contributed by atoms with Gasteiger partial charge in [-0.25, -0.2) is 72.0 Å². The topological polar surface area (TPSA) is 386 Å². The number of fused-ring (bicyclic) bond motifs is 1. The van der Waals surface area contributed by atoms with Gasteiger partial charge >= 0.3 is 12.2 Å². The monoisotopic (exact) mass is 1840 g/mol. The van der Waals surface area contributed by atoms with Crippen molar-refractivity contribution in [2.24, 2.45) is 0 Å². The number of oxazole rings is 3. The van der Waals surface area contributed by atoms with Crippen LogP contribution in [0, 0.1) is 6.92 Å². The molecule has 10 aromatic rings. The Hall–Kier alpha value is -10.3. The summed E-state index contributed by atoms with van der Waals surface area (Å²) in [4.78, 5) is 142. The Morgan fingerprint density at radius 2 is 1.03 bits per heavy atom. The van der Waals surface area contributed by atoms with Gasteiger partial charge in [0.25, 0.3) is 0 Å². The molecule has 31 nitrogen and oxygen atoms in total. The number of aryl methyl sites for hydroxylation is 1. The van der Waals surface area contributed by atoms with Crippen molar-refractivity contribution < 1.29 is 78.6 Å². The molecule has 0 radical (unpaired) electrons. The zero-order valence-electron chi connectivity index (χ0n) is 64.9. The van der Waals surface area contributed by atoms with Crippen molar-refractivity contribution in [1.29, 1.82) is 0 Å². The number of carbonyl (C=O) groups is 8. The molecule has 0 spiro atoms. The average molecular weight is 1840 g/mol. The van der Waals surface area contributed by atoms with Crippen LogP contribution in [-0.2, 0) is 100 Å². The largest absolute Gasteiger partial charge is 0.444 e. The molecule has 4 saturated heterocycles. The fraction of sp³-hybridized carbons (Fsp3) is 0.368. The fourth-order valence-electron chi connectivity index (χ4n) is 12.3. The number of nitrogens with zero attached hydrogens (tertiary/aromatic N) is 14. The lowest BCUT2D eigenvalue weighted by Gasteiger charge is -2.27.